The summed E-state index contributed by atoms with van der Waals surface area (Å²) in [6, 6.07) is 0.584. The van der Waals surface area contributed by atoms with Crippen LogP contribution >= 0.6 is 0 Å². The van der Waals surface area contributed by atoms with Gasteiger partial charge in [0.1, 0.15) is 0 Å². The molecule has 0 spiro atoms. The predicted octanol–water partition coefficient (Wildman–Crippen LogP) is 3.05. The van der Waals surface area contributed by atoms with Crippen LogP contribution in [0, 0.1) is 5.41 Å². The first-order valence-corrected chi connectivity index (χ1v) is 6.75. The molecule has 17 heavy (non-hydrogen) atoms. The zero-order valence-electron chi connectivity index (χ0n) is 12.7. The third kappa shape index (κ3) is 4.11. The summed E-state index contributed by atoms with van der Waals surface area (Å²) in [5.74, 6) is 0. The highest BCUT2D eigenvalue weighted by atomic mass is 15.3. The molecule has 0 aromatic rings. The second-order valence-corrected chi connectivity index (χ2v) is 7.30. The van der Waals surface area contributed by atoms with Crippen molar-refractivity contribution in [1.29, 1.82) is 0 Å². The Morgan fingerprint density at radius 2 is 1.94 bits per heavy atom. The van der Waals surface area contributed by atoms with Crippen LogP contribution in [0.3, 0.4) is 0 Å². The summed E-state index contributed by atoms with van der Waals surface area (Å²) in [6.07, 6.45) is 2.34. The minimum absolute atomic E-state index is 0.258. The minimum atomic E-state index is 0.258. The largest absolute Gasteiger partial charge is 0.310 e. The highest BCUT2D eigenvalue weighted by Crippen LogP contribution is 2.27. The Kier molecular flexibility index (Phi) is 4.43. The van der Waals surface area contributed by atoms with Gasteiger partial charge in [-0.05, 0) is 33.1 Å². The third-order valence-electron chi connectivity index (χ3n) is 3.81. The van der Waals surface area contributed by atoms with Crippen molar-refractivity contribution < 1.29 is 0 Å². The lowest BCUT2D eigenvalue weighted by atomic mass is 9.83. The fraction of sp³-hybridized carbons (Fsp3) is 0.867. The van der Waals surface area contributed by atoms with Gasteiger partial charge >= 0.3 is 0 Å². The summed E-state index contributed by atoms with van der Waals surface area (Å²) in [7, 11) is 0. The molecule has 1 N–H and O–H groups in total. The van der Waals surface area contributed by atoms with Crippen LogP contribution in [0.1, 0.15) is 48.5 Å². The van der Waals surface area contributed by atoms with Crippen molar-refractivity contribution in [2.45, 2.75) is 60.0 Å². The van der Waals surface area contributed by atoms with Crippen LogP contribution in [-0.2, 0) is 0 Å². The van der Waals surface area contributed by atoms with Crippen LogP contribution in [0.5, 0.6) is 0 Å². The molecule has 1 unspecified atom stereocenters. The van der Waals surface area contributed by atoms with E-state index in [4.69, 9.17) is 0 Å². The summed E-state index contributed by atoms with van der Waals surface area (Å²) in [5, 5.41) is 3.70. The van der Waals surface area contributed by atoms with E-state index in [-0.39, 0.29) is 5.54 Å². The molecule has 1 atom stereocenters. The second kappa shape index (κ2) is 5.11. The Balaban J connectivity index is 2.73. The fourth-order valence-electron chi connectivity index (χ4n) is 2.21. The molecule has 1 aliphatic rings. The summed E-state index contributed by atoms with van der Waals surface area (Å²) in [6.45, 7) is 19.3. The topological polar surface area (TPSA) is 15.3 Å². The zero-order valence-corrected chi connectivity index (χ0v) is 12.7. The summed E-state index contributed by atoms with van der Waals surface area (Å²) in [4.78, 5) is 2.60. The molecular weight excluding hydrogens is 208 g/mol. The molecule has 1 aliphatic heterocycles. The van der Waals surface area contributed by atoms with Crippen LogP contribution in [0.15, 0.2) is 11.6 Å². The second-order valence-electron chi connectivity index (χ2n) is 7.30. The smallest absolute Gasteiger partial charge is 0.0281 e. The van der Waals surface area contributed by atoms with E-state index in [0.29, 0.717) is 11.5 Å². The quantitative estimate of drug-likeness (QED) is 0.744. The van der Waals surface area contributed by atoms with Gasteiger partial charge in [-0.2, -0.15) is 0 Å². The number of rotatable bonds is 2. The van der Waals surface area contributed by atoms with Crippen molar-refractivity contribution in [3.8, 4) is 0 Å². The number of hydrogen-bond acceptors (Lipinski definition) is 2. The van der Waals surface area contributed by atoms with Gasteiger partial charge in [0.2, 0.25) is 0 Å². The lowest BCUT2D eigenvalue weighted by Crippen LogP contribution is -2.64. The van der Waals surface area contributed by atoms with Crippen molar-refractivity contribution >= 4 is 0 Å². The van der Waals surface area contributed by atoms with Crippen molar-refractivity contribution in [1.82, 2.24) is 10.2 Å². The van der Waals surface area contributed by atoms with Crippen molar-refractivity contribution in [3.63, 3.8) is 0 Å². The van der Waals surface area contributed by atoms with Crippen LogP contribution in [-0.4, -0.2) is 36.1 Å². The summed E-state index contributed by atoms with van der Waals surface area (Å²) in [5.41, 5.74) is 2.00. The first kappa shape index (κ1) is 14.7. The van der Waals surface area contributed by atoms with Crippen molar-refractivity contribution in [3.05, 3.63) is 11.6 Å². The molecule has 0 amide bonds. The maximum absolute atomic E-state index is 3.70. The molecule has 0 bridgehead atoms. The van der Waals surface area contributed by atoms with E-state index in [0.717, 1.165) is 19.6 Å². The van der Waals surface area contributed by atoms with E-state index in [9.17, 15) is 0 Å². The average Bonchev–Trinajstić information content (AvgIpc) is 2.13. The van der Waals surface area contributed by atoms with Gasteiger partial charge < -0.3 is 5.32 Å². The van der Waals surface area contributed by atoms with E-state index in [1.165, 1.54) is 5.57 Å². The first-order valence-electron chi connectivity index (χ1n) is 6.75. The molecule has 0 aromatic heterocycles. The molecule has 1 saturated heterocycles. The van der Waals surface area contributed by atoms with Crippen LogP contribution < -0.4 is 5.32 Å². The molecule has 100 valence electrons. The van der Waals surface area contributed by atoms with Crippen LogP contribution in [0.2, 0.25) is 0 Å². The van der Waals surface area contributed by atoms with Gasteiger partial charge in [0, 0.05) is 31.2 Å². The van der Waals surface area contributed by atoms with Gasteiger partial charge in [-0.1, -0.05) is 32.4 Å². The molecule has 1 fully saturated rings. The number of nitrogens with zero attached hydrogens (tertiary/aromatic N) is 1. The van der Waals surface area contributed by atoms with Crippen molar-refractivity contribution in [2.75, 3.05) is 19.6 Å². The monoisotopic (exact) mass is 238 g/mol. The zero-order chi connectivity index (χ0) is 13.3. The Hall–Kier alpha value is -0.340. The SMILES string of the molecule is CC(C)=CCN1CC(C(C)(C)C)NCC1(C)C. The van der Waals surface area contributed by atoms with Gasteiger partial charge in [0.25, 0.3) is 0 Å². The molecule has 2 heteroatoms. The number of allylic oxidation sites excluding steroid dienone is 1. The molecule has 0 radical (unpaired) electrons. The number of nitrogens with one attached hydrogen (secondary N) is 1. The van der Waals surface area contributed by atoms with E-state index in [1.807, 2.05) is 0 Å². The predicted molar refractivity (Wildman–Crippen MR) is 76.3 cm³/mol. The molecular formula is C15H30N2. The third-order valence-corrected chi connectivity index (χ3v) is 3.81. The van der Waals surface area contributed by atoms with E-state index in [2.05, 4.69) is 64.8 Å². The molecule has 0 aromatic carbocycles. The van der Waals surface area contributed by atoms with E-state index < -0.39 is 0 Å². The van der Waals surface area contributed by atoms with Gasteiger partial charge in [-0.3, -0.25) is 4.90 Å². The minimum Gasteiger partial charge on any atom is -0.310 e. The molecule has 1 heterocycles. The maximum Gasteiger partial charge on any atom is 0.0281 e. The summed E-state index contributed by atoms with van der Waals surface area (Å²) < 4.78 is 0. The van der Waals surface area contributed by atoms with Crippen LogP contribution in [0.25, 0.3) is 0 Å². The van der Waals surface area contributed by atoms with Gasteiger partial charge in [0.15, 0.2) is 0 Å². The fourth-order valence-corrected chi connectivity index (χ4v) is 2.21. The molecule has 1 rings (SSSR count). The van der Waals surface area contributed by atoms with E-state index in [1.54, 1.807) is 0 Å². The number of piperazine rings is 1. The molecule has 0 aliphatic carbocycles. The van der Waals surface area contributed by atoms with Gasteiger partial charge in [0.05, 0.1) is 0 Å². The van der Waals surface area contributed by atoms with Gasteiger partial charge in [-0.15, -0.1) is 0 Å². The lowest BCUT2D eigenvalue weighted by molar-refractivity contribution is 0.0457. The highest BCUT2D eigenvalue weighted by molar-refractivity contribution is 5.02. The standard InChI is InChI=1S/C15H30N2/c1-12(2)8-9-17-10-13(14(3,4)5)16-11-15(17,6)7/h8,13,16H,9-11H2,1-7H3. The Morgan fingerprint density at radius 3 is 2.41 bits per heavy atom. The lowest BCUT2D eigenvalue weighted by Gasteiger charge is -2.49. The highest BCUT2D eigenvalue weighted by Gasteiger charge is 2.37. The van der Waals surface area contributed by atoms with Crippen molar-refractivity contribution in [2.24, 2.45) is 5.41 Å². The normalized spacial score (nSPS) is 25.7. The average molecular weight is 238 g/mol. The van der Waals surface area contributed by atoms with Crippen LogP contribution in [0.4, 0.5) is 0 Å². The Bertz CT molecular complexity index is 280. The molecule has 2 nitrogen and oxygen atoms in total. The summed E-state index contributed by atoms with van der Waals surface area (Å²) >= 11 is 0. The first-order chi connectivity index (χ1) is 7.63. The number of hydrogen-bond donors (Lipinski definition) is 1. The Labute approximate surface area is 107 Å². The van der Waals surface area contributed by atoms with E-state index >= 15 is 0 Å². The maximum atomic E-state index is 3.70. The molecule has 0 saturated carbocycles. The Morgan fingerprint density at radius 1 is 1.35 bits per heavy atom. The van der Waals surface area contributed by atoms with Gasteiger partial charge in [-0.25, -0.2) is 0 Å².